The van der Waals surface area contributed by atoms with E-state index >= 15 is 0 Å². The summed E-state index contributed by atoms with van der Waals surface area (Å²) in [4.78, 5) is 11.6. The minimum atomic E-state index is 0.563. The molecule has 0 bridgehead atoms. The molecule has 1 aliphatic heterocycles. The summed E-state index contributed by atoms with van der Waals surface area (Å²) < 4.78 is 2.34. The first kappa shape index (κ1) is 11.7. The highest BCUT2D eigenvalue weighted by molar-refractivity contribution is 5.71. The number of aromatic nitrogens is 3. The third-order valence-electron chi connectivity index (χ3n) is 3.99. The maximum absolute atomic E-state index is 4.61. The van der Waals surface area contributed by atoms with Gasteiger partial charge in [-0.1, -0.05) is 6.92 Å². The Morgan fingerprint density at radius 1 is 1.33 bits per heavy atom. The molecule has 0 aromatic carbocycles. The Morgan fingerprint density at radius 3 is 2.83 bits per heavy atom. The molecule has 96 valence electrons. The van der Waals surface area contributed by atoms with Crippen molar-refractivity contribution in [2.45, 2.75) is 32.7 Å². The molecular formula is C14H20N4. The van der Waals surface area contributed by atoms with Crippen molar-refractivity contribution in [2.24, 2.45) is 0 Å². The molecule has 3 heterocycles. The van der Waals surface area contributed by atoms with Gasteiger partial charge in [0.1, 0.15) is 11.3 Å². The maximum atomic E-state index is 4.61. The first-order valence-corrected chi connectivity index (χ1v) is 6.81. The minimum Gasteiger partial charge on any atom is -0.310 e. The number of aryl methyl sites for hydroxylation is 1. The molecule has 0 spiro atoms. The third kappa shape index (κ3) is 1.90. The number of imidazole rings is 1. The van der Waals surface area contributed by atoms with E-state index in [4.69, 9.17) is 0 Å². The Labute approximate surface area is 108 Å². The number of nitrogens with zero attached hydrogens (tertiary/aromatic N) is 4. The molecule has 1 aliphatic rings. The van der Waals surface area contributed by atoms with Crippen LogP contribution in [-0.4, -0.2) is 39.1 Å². The van der Waals surface area contributed by atoms with E-state index in [2.05, 4.69) is 33.3 Å². The Morgan fingerprint density at radius 2 is 2.11 bits per heavy atom. The van der Waals surface area contributed by atoms with Gasteiger partial charge in [0, 0.05) is 25.3 Å². The summed E-state index contributed by atoms with van der Waals surface area (Å²) in [5.74, 6) is 1.10. The van der Waals surface area contributed by atoms with E-state index in [-0.39, 0.29) is 0 Å². The lowest BCUT2D eigenvalue weighted by Crippen LogP contribution is -2.34. The van der Waals surface area contributed by atoms with Crippen LogP contribution in [0.3, 0.4) is 0 Å². The smallest absolute Gasteiger partial charge is 0.160 e. The monoisotopic (exact) mass is 244 g/mol. The van der Waals surface area contributed by atoms with Crippen molar-refractivity contribution in [3.8, 4) is 0 Å². The zero-order chi connectivity index (χ0) is 12.5. The lowest BCUT2D eigenvalue weighted by molar-refractivity contribution is 0.195. The summed E-state index contributed by atoms with van der Waals surface area (Å²) in [6.45, 7) is 7.86. The molecule has 1 saturated heterocycles. The van der Waals surface area contributed by atoms with Gasteiger partial charge in [0.15, 0.2) is 5.65 Å². The van der Waals surface area contributed by atoms with Crippen LogP contribution in [0.4, 0.5) is 0 Å². The van der Waals surface area contributed by atoms with Gasteiger partial charge in [0.05, 0.1) is 0 Å². The van der Waals surface area contributed by atoms with Crippen molar-refractivity contribution in [1.29, 1.82) is 0 Å². The highest BCUT2D eigenvalue weighted by Gasteiger charge is 2.22. The van der Waals surface area contributed by atoms with E-state index in [1.165, 1.54) is 25.9 Å². The van der Waals surface area contributed by atoms with Crippen LogP contribution in [0.25, 0.3) is 11.2 Å². The van der Waals surface area contributed by atoms with Gasteiger partial charge in [0.25, 0.3) is 0 Å². The topological polar surface area (TPSA) is 34.0 Å². The van der Waals surface area contributed by atoms with E-state index in [9.17, 15) is 0 Å². The molecule has 2 aromatic heterocycles. The van der Waals surface area contributed by atoms with Crippen molar-refractivity contribution in [3.63, 3.8) is 0 Å². The molecule has 4 nitrogen and oxygen atoms in total. The van der Waals surface area contributed by atoms with Crippen LogP contribution in [0.5, 0.6) is 0 Å². The number of likely N-dealkylation sites (tertiary alicyclic amines) is 1. The SMILES string of the molecule is CCN1CCC(n2c(C)nc3cccnc32)CC1. The number of rotatable bonds is 2. The summed E-state index contributed by atoms with van der Waals surface area (Å²) in [6, 6.07) is 4.57. The van der Waals surface area contributed by atoms with Crippen molar-refractivity contribution in [2.75, 3.05) is 19.6 Å². The predicted octanol–water partition coefficient (Wildman–Crippen LogP) is 2.40. The Bertz CT molecular complexity index is 538. The zero-order valence-corrected chi connectivity index (χ0v) is 11.1. The van der Waals surface area contributed by atoms with Crippen LogP contribution in [0, 0.1) is 6.92 Å². The van der Waals surface area contributed by atoms with Crippen molar-refractivity contribution < 1.29 is 0 Å². The first-order chi connectivity index (χ1) is 8.79. The third-order valence-corrected chi connectivity index (χ3v) is 3.99. The van der Waals surface area contributed by atoms with Crippen molar-refractivity contribution in [3.05, 3.63) is 24.2 Å². The molecule has 0 radical (unpaired) electrons. The quantitative estimate of drug-likeness (QED) is 0.813. The van der Waals surface area contributed by atoms with Gasteiger partial charge < -0.3 is 9.47 Å². The molecule has 2 aromatic rings. The second-order valence-corrected chi connectivity index (χ2v) is 5.04. The van der Waals surface area contributed by atoms with Gasteiger partial charge in [-0.25, -0.2) is 9.97 Å². The number of piperidine rings is 1. The molecule has 0 amide bonds. The molecule has 1 fully saturated rings. The number of fused-ring (bicyclic) bond motifs is 1. The highest BCUT2D eigenvalue weighted by atomic mass is 15.2. The van der Waals surface area contributed by atoms with E-state index in [1.54, 1.807) is 0 Å². The normalized spacial score (nSPS) is 18.6. The molecule has 4 heteroatoms. The van der Waals surface area contributed by atoms with Gasteiger partial charge in [-0.3, -0.25) is 0 Å². The summed E-state index contributed by atoms with van der Waals surface area (Å²) in [6.07, 6.45) is 4.27. The van der Waals surface area contributed by atoms with Crippen LogP contribution in [0.15, 0.2) is 18.3 Å². The lowest BCUT2D eigenvalue weighted by Gasteiger charge is -2.32. The fourth-order valence-electron chi connectivity index (χ4n) is 2.97. The van der Waals surface area contributed by atoms with Crippen LogP contribution < -0.4 is 0 Å². The number of hydrogen-bond acceptors (Lipinski definition) is 3. The van der Waals surface area contributed by atoms with Crippen molar-refractivity contribution >= 4 is 11.2 Å². The Kier molecular flexibility index (Phi) is 3.04. The van der Waals surface area contributed by atoms with Gasteiger partial charge in [-0.15, -0.1) is 0 Å². The summed E-state index contributed by atoms with van der Waals surface area (Å²) >= 11 is 0. The van der Waals surface area contributed by atoms with E-state index < -0.39 is 0 Å². The number of hydrogen-bond donors (Lipinski definition) is 0. The summed E-state index contributed by atoms with van der Waals surface area (Å²) in [7, 11) is 0. The molecule has 18 heavy (non-hydrogen) atoms. The average molecular weight is 244 g/mol. The van der Waals surface area contributed by atoms with E-state index in [1.807, 2.05) is 18.3 Å². The second-order valence-electron chi connectivity index (χ2n) is 5.04. The van der Waals surface area contributed by atoms with Gasteiger partial charge in [-0.2, -0.15) is 0 Å². The lowest BCUT2D eigenvalue weighted by atomic mass is 10.0. The van der Waals surface area contributed by atoms with Crippen LogP contribution in [0.1, 0.15) is 31.6 Å². The maximum Gasteiger partial charge on any atom is 0.160 e. The first-order valence-electron chi connectivity index (χ1n) is 6.81. The predicted molar refractivity (Wildman–Crippen MR) is 72.7 cm³/mol. The van der Waals surface area contributed by atoms with E-state index in [0.717, 1.165) is 23.5 Å². The average Bonchev–Trinajstić information content (AvgIpc) is 2.75. The molecular weight excluding hydrogens is 224 g/mol. The molecule has 0 saturated carbocycles. The Hall–Kier alpha value is -1.42. The largest absolute Gasteiger partial charge is 0.310 e. The van der Waals surface area contributed by atoms with Gasteiger partial charge in [0.2, 0.25) is 0 Å². The standard InChI is InChI=1S/C14H20N4/c1-3-17-9-6-12(7-10-17)18-11(2)16-13-5-4-8-15-14(13)18/h4-5,8,12H,3,6-7,9-10H2,1-2H3. The molecule has 0 atom stereocenters. The summed E-state index contributed by atoms with van der Waals surface area (Å²) in [5.41, 5.74) is 2.07. The highest BCUT2D eigenvalue weighted by Crippen LogP contribution is 2.27. The molecule has 0 N–H and O–H groups in total. The summed E-state index contributed by atoms with van der Waals surface area (Å²) in [5, 5.41) is 0. The fourth-order valence-corrected chi connectivity index (χ4v) is 2.97. The molecule has 0 unspecified atom stereocenters. The fraction of sp³-hybridized carbons (Fsp3) is 0.571. The van der Waals surface area contributed by atoms with E-state index in [0.29, 0.717) is 6.04 Å². The van der Waals surface area contributed by atoms with Crippen molar-refractivity contribution in [1.82, 2.24) is 19.4 Å². The Balaban J connectivity index is 1.92. The minimum absolute atomic E-state index is 0.563. The molecule has 0 aliphatic carbocycles. The van der Waals surface area contributed by atoms with Crippen LogP contribution in [0.2, 0.25) is 0 Å². The molecule has 3 rings (SSSR count). The van der Waals surface area contributed by atoms with Gasteiger partial charge >= 0.3 is 0 Å². The number of pyridine rings is 1. The zero-order valence-electron chi connectivity index (χ0n) is 11.1. The van der Waals surface area contributed by atoms with Gasteiger partial charge in [-0.05, 0) is 38.4 Å². The van der Waals surface area contributed by atoms with Crippen LogP contribution in [-0.2, 0) is 0 Å². The second kappa shape index (κ2) is 4.69. The van der Waals surface area contributed by atoms with Crippen LogP contribution >= 0.6 is 0 Å².